The molecule has 102 valence electrons. The van der Waals surface area contributed by atoms with Gasteiger partial charge >= 0.3 is 0 Å². The maximum absolute atomic E-state index is 5.45. The summed E-state index contributed by atoms with van der Waals surface area (Å²) in [4.78, 5) is 0. The van der Waals surface area contributed by atoms with E-state index in [1.807, 2.05) is 11.8 Å². The molecule has 1 rings (SSSR count). The third kappa shape index (κ3) is 4.21. The molecule has 1 aromatic carbocycles. The smallest absolute Gasteiger partial charge is 0.123 e. The molecule has 0 heterocycles. The fourth-order valence-electron chi connectivity index (χ4n) is 2.12. The molecule has 1 N–H and O–H groups in total. The molecule has 0 aliphatic heterocycles. The van der Waals surface area contributed by atoms with Gasteiger partial charge in [-0.25, -0.2) is 0 Å². The van der Waals surface area contributed by atoms with E-state index < -0.39 is 0 Å². The molecule has 0 aliphatic carbocycles. The number of nitrogens with one attached hydrogen (secondary N) is 1. The number of aryl methyl sites for hydroxylation is 1. The summed E-state index contributed by atoms with van der Waals surface area (Å²) in [7, 11) is 1.74. The van der Waals surface area contributed by atoms with Gasteiger partial charge in [0.2, 0.25) is 0 Å². The summed E-state index contributed by atoms with van der Waals surface area (Å²) in [6.45, 7) is 6.56. The van der Waals surface area contributed by atoms with Gasteiger partial charge in [0.1, 0.15) is 5.75 Å². The second-order valence-electron chi connectivity index (χ2n) is 4.69. The minimum atomic E-state index is 0.317. The predicted molar refractivity (Wildman–Crippen MR) is 81.7 cm³/mol. The largest absolute Gasteiger partial charge is 0.496 e. The summed E-state index contributed by atoms with van der Waals surface area (Å²) < 4.78 is 5.45. The van der Waals surface area contributed by atoms with Crippen LogP contribution < -0.4 is 10.1 Å². The Kier molecular flexibility index (Phi) is 6.58. The minimum Gasteiger partial charge on any atom is -0.496 e. The van der Waals surface area contributed by atoms with Gasteiger partial charge in [0.25, 0.3) is 0 Å². The fourth-order valence-corrected chi connectivity index (χ4v) is 2.85. The van der Waals surface area contributed by atoms with E-state index in [4.69, 9.17) is 4.74 Å². The van der Waals surface area contributed by atoms with Crippen LogP contribution in [0.3, 0.4) is 0 Å². The zero-order valence-corrected chi connectivity index (χ0v) is 12.9. The number of rotatable bonds is 7. The maximum Gasteiger partial charge on any atom is 0.123 e. The van der Waals surface area contributed by atoms with Crippen molar-refractivity contribution in [3.63, 3.8) is 0 Å². The van der Waals surface area contributed by atoms with Crippen molar-refractivity contribution in [2.24, 2.45) is 0 Å². The molecule has 2 nitrogen and oxygen atoms in total. The van der Waals surface area contributed by atoms with Crippen molar-refractivity contribution in [1.29, 1.82) is 0 Å². The van der Waals surface area contributed by atoms with Crippen molar-refractivity contribution in [1.82, 2.24) is 5.32 Å². The van der Waals surface area contributed by atoms with Crippen LogP contribution in [0.4, 0.5) is 0 Å². The van der Waals surface area contributed by atoms with E-state index in [1.165, 1.54) is 11.1 Å². The Morgan fingerprint density at radius 2 is 2.11 bits per heavy atom. The third-order valence-corrected chi connectivity index (χ3v) is 3.93. The van der Waals surface area contributed by atoms with Crippen LogP contribution in [0.1, 0.15) is 37.4 Å². The zero-order chi connectivity index (χ0) is 13.5. The molecule has 0 bridgehead atoms. The first-order valence-electron chi connectivity index (χ1n) is 6.51. The van der Waals surface area contributed by atoms with Crippen LogP contribution in [0.2, 0.25) is 0 Å². The lowest BCUT2D eigenvalue weighted by molar-refractivity contribution is 0.395. The van der Waals surface area contributed by atoms with Gasteiger partial charge in [-0.2, -0.15) is 11.8 Å². The van der Waals surface area contributed by atoms with E-state index in [-0.39, 0.29) is 0 Å². The van der Waals surface area contributed by atoms with Gasteiger partial charge in [-0.1, -0.05) is 24.6 Å². The van der Waals surface area contributed by atoms with E-state index >= 15 is 0 Å². The Labute approximate surface area is 116 Å². The van der Waals surface area contributed by atoms with Crippen LogP contribution >= 0.6 is 11.8 Å². The lowest BCUT2D eigenvalue weighted by atomic mass is 10.0. The summed E-state index contributed by atoms with van der Waals surface area (Å²) in [6.07, 6.45) is 3.31. The highest BCUT2D eigenvalue weighted by atomic mass is 32.2. The first kappa shape index (κ1) is 15.4. The van der Waals surface area contributed by atoms with Crippen LogP contribution in [-0.2, 0) is 0 Å². The number of hydrogen-bond acceptors (Lipinski definition) is 3. The van der Waals surface area contributed by atoms with Crippen LogP contribution in [0.5, 0.6) is 5.75 Å². The van der Waals surface area contributed by atoms with Gasteiger partial charge in [-0.3, -0.25) is 0 Å². The minimum absolute atomic E-state index is 0.317. The second kappa shape index (κ2) is 7.70. The highest BCUT2D eigenvalue weighted by Crippen LogP contribution is 2.26. The van der Waals surface area contributed by atoms with E-state index in [0.717, 1.165) is 17.9 Å². The average molecular weight is 267 g/mol. The number of hydrogen-bond donors (Lipinski definition) is 1. The predicted octanol–water partition coefficient (Wildman–Crippen LogP) is 3.80. The van der Waals surface area contributed by atoms with Gasteiger partial charge in [0, 0.05) is 23.4 Å². The summed E-state index contributed by atoms with van der Waals surface area (Å²) in [5, 5.41) is 3.68. The van der Waals surface area contributed by atoms with Gasteiger partial charge in [-0.05, 0) is 32.6 Å². The SMILES string of the molecule is CCC(CSC)NC(C)c1cc(C)ccc1OC. The monoisotopic (exact) mass is 267 g/mol. The molecule has 0 saturated heterocycles. The number of ether oxygens (including phenoxy) is 1. The van der Waals surface area contributed by atoms with Crippen molar-refractivity contribution in [3.05, 3.63) is 29.3 Å². The van der Waals surface area contributed by atoms with Crippen LogP contribution in [0.25, 0.3) is 0 Å². The molecular formula is C15H25NOS. The first-order chi connectivity index (χ1) is 8.62. The molecule has 0 aromatic heterocycles. The topological polar surface area (TPSA) is 21.3 Å². The van der Waals surface area contributed by atoms with Crippen LogP contribution in [0, 0.1) is 6.92 Å². The Hall–Kier alpha value is -0.670. The Morgan fingerprint density at radius 3 is 2.67 bits per heavy atom. The Morgan fingerprint density at radius 1 is 1.39 bits per heavy atom. The standard InChI is InChI=1S/C15H25NOS/c1-6-13(10-18-5)16-12(3)14-9-11(2)7-8-15(14)17-4/h7-9,12-13,16H,6,10H2,1-5H3. The molecule has 0 amide bonds. The normalized spacial score (nSPS) is 14.3. The molecule has 18 heavy (non-hydrogen) atoms. The molecule has 0 aliphatic rings. The van der Waals surface area contributed by atoms with Gasteiger partial charge in [0.05, 0.1) is 7.11 Å². The van der Waals surface area contributed by atoms with Gasteiger partial charge in [0.15, 0.2) is 0 Å². The average Bonchev–Trinajstić information content (AvgIpc) is 2.38. The van der Waals surface area contributed by atoms with E-state index in [1.54, 1.807) is 7.11 Å². The number of benzene rings is 1. The first-order valence-corrected chi connectivity index (χ1v) is 7.91. The Bertz CT molecular complexity index is 368. The summed E-state index contributed by atoms with van der Waals surface area (Å²) in [5.41, 5.74) is 2.52. The third-order valence-electron chi connectivity index (χ3n) is 3.20. The number of methoxy groups -OCH3 is 1. The van der Waals surface area contributed by atoms with Crippen LogP contribution in [0.15, 0.2) is 18.2 Å². The van der Waals surface area contributed by atoms with Crippen LogP contribution in [-0.4, -0.2) is 25.2 Å². The molecule has 0 radical (unpaired) electrons. The van der Waals surface area contributed by atoms with E-state index in [2.05, 4.69) is 50.5 Å². The molecule has 3 heteroatoms. The molecule has 0 fully saturated rings. The quantitative estimate of drug-likeness (QED) is 0.812. The van der Waals surface area contributed by atoms with Crippen molar-refractivity contribution in [3.8, 4) is 5.75 Å². The summed E-state index contributed by atoms with van der Waals surface area (Å²) >= 11 is 1.89. The number of thioether (sulfide) groups is 1. The highest BCUT2D eigenvalue weighted by molar-refractivity contribution is 7.98. The summed E-state index contributed by atoms with van der Waals surface area (Å²) in [5.74, 6) is 2.12. The molecule has 2 unspecified atom stereocenters. The highest BCUT2D eigenvalue weighted by Gasteiger charge is 2.15. The molecule has 2 atom stereocenters. The zero-order valence-electron chi connectivity index (χ0n) is 12.1. The lowest BCUT2D eigenvalue weighted by Gasteiger charge is -2.23. The molecule has 0 spiro atoms. The second-order valence-corrected chi connectivity index (χ2v) is 5.60. The molecular weight excluding hydrogens is 242 g/mol. The van der Waals surface area contributed by atoms with Gasteiger partial charge in [-0.15, -0.1) is 0 Å². The van der Waals surface area contributed by atoms with Gasteiger partial charge < -0.3 is 10.1 Å². The van der Waals surface area contributed by atoms with E-state index in [0.29, 0.717) is 12.1 Å². The maximum atomic E-state index is 5.45. The molecule has 1 aromatic rings. The van der Waals surface area contributed by atoms with Crippen molar-refractivity contribution < 1.29 is 4.74 Å². The molecule has 0 saturated carbocycles. The van der Waals surface area contributed by atoms with E-state index in [9.17, 15) is 0 Å². The van der Waals surface area contributed by atoms with Crippen molar-refractivity contribution in [2.45, 2.75) is 39.3 Å². The fraction of sp³-hybridized carbons (Fsp3) is 0.600. The van der Waals surface area contributed by atoms with Crippen molar-refractivity contribution >= 4 is 11.8 Å². The lowest BCUT2D eigenvalue weighted by Crippen LogP contribution is -2.33. The van der Waals surface area contributed by atoms with Crippen molar-refractivity contribution in [2.75, 3.05) is 19.1 Å². The summed E-state index contributed by atoms with van der Waals surface area (Å²) in [6, 6.07) is 7.23. The Balaban J connectivity index is 2.81.